The van der Waals surface area contributed by atoms with Crippen molar-refractivity contribution >= 4 is 38.8 Å². The smallest absolute Gasteiger partial charge is 0.161 e. The summed E-state index contributed by atoms with van der Waals surface area (Å²) in [5.41, 5.74) is 6.50. The Kier molecular flexibility index (Phi) is 5.33. The molecule has 2 nitrogen and oxygen atoms in total. The molecule has 0 amide bonds. The van der Waals surface area contributed by atoms with Crippen LogP contribution in [-0.4, -0.2) is 11.0 Å². The predicted octanol–water partition coefficient (Wildman–Crippen LogP) is 3.82. The number of anilines is 1. The second kappa shape index (κ2) is 6.31. The minimum Gasteiger partial charge on any atom is -0.389 e. The molecule has 0 spiro atoms. The van der Waals surface area contributed by atoms with Crippen molar-refractivity contribution in [2.75, 3.05) is 5.32 Å². The van der Waals surface area contributed by atoms with Gasteiger partial charge in [0, 0.05) is 11.6 Å². The highest BCUT2D eigenvalue weighted by Gasteiger charge is 2.14. The van der Waals surface area contributed by atoms with Gasteiger partial charge in [-0.1, -0.05) is 26.1 Å². The molecular formula is C12H16BrFN2S. The van der Waals surface area contributed by atoms with Crippen molar-refractivity contribution in [1.82, 2.24) is 0 Å². The van der Waals surface area contributed by atoms with Gasteiger partial charge in [-0.3, -0.25) is 0 Å². The van der Waals surface area contributed by atoms with Gasteiger partial charge in [0.15, 0.2) is 5.82 Å². The van der Waals surface area contributed by atoms with Crippen LogP contribution in [-0.2, 0) is 0 Å². The molecule has 1 aromatic carbocycles. The molecule has 0 atom stereocenters. The third-order valence-corrected chi connectivity index (χ3v) is 3.69. The standard InChI is InChI=1S/C12H16BrFN2S/c1-3-7(4-2)16-9-6-5-8(12(15)17)10(13)11(9)14/h5-7,16H,3-4H2,1-2H3,(H2,15,17). The summed E-state index contributed by atoms with van der Waals surface area (Å²) in [5.74, 6) is -0.345. The lowest BCUT2D eigenvalue weighted by molar-refractivity contribution is 0.610. The van der Waals surface area contributed by atoms with Crippen LogP contribution in [0.25, 0.3) is 0 Å². The molecule has 0 radical (unpaired) electrons. The molecule has 1 aromatic rings. The van der Waals surface area contributed by atoms with Crippen LogP contribution >= 0.6 is 28.1 Å². The lowest BCUT2D eigenvalue weighted by atomic mass is 10.1. The average molecular weight is 319 g/mol. The second-order valence-electron chi connectivity index (χ2n) is 3.81. The number of benzene rings is 1. The number of nitrogens with two attached hydrogens (primary N) is 1. The summed E-state index contributed by atoms with van der Waals surface area (Å²) < 4.78 is 14.4. The zero-order valence-electron chi connectivity index (χ0n) is 9.89. The summed E-state index contributed by atoms with van der Waals surface area (Å²) in [7, 11) is 0. The summed E-state index contributed by atoms with van der Waals surface area (Å²) in [5, 5.41) is 3.16. The van der Waals surface area contributed by atoms with Gasteiger partial charge < -0.3 is 11.1 Å². The number of rotatable bonds is 5. The maximum Gasteiger partial charge on any atom is 0.161 e. The maximum atomic E-state index is 14.0. The van der Waals surface area contributed by atoms with Gasteiger partial charge in [-0.05, 0) is 40.9 Å². The van der Waals surface area contributed by atoms with E-state index in [1.807, 2.05) is 0 Å². The van der Waals surface area contributed by atoms with Crippen LogP contribution in [0.4, 0.5) is 10.1 Å². The van der Waals surface area contributed by atoms with E-state index in [4.69, 9.17) is 18.0 Å². The third-order valence-electron chi connectivity index (χ3n) is 2.69. The molecule has 0 heterocycles. The van der Waals surface area contributed by atoms with Crippen LogP contribution in [0.5, 0.6) is 0 Å². The highest BCUT2D eigenvalue weighted by molar-refractivity contribution is 9.10. The molecule has 0 unspecified atom stereocenters. The first-order chi connectivity index (χ1) is 8.01. The Bertz CT molecular complexity index is 419. The van der Waals surface area contributed by atoms with Crippen LogP contribution in [0, 0.1) is 5.82 Å². The number of hydrogen-bond donors (Lipinski definition) is 2. The van der Waals surface area contributed by atoms with Gasteiger partial charge in [0.2, 0.25) is 0 Å². The van der Waals surface area contributed by atoms with Crippen molar-refractivity contribution in [2.45, 2.75) is 32.7 Å². The van der Waals surface area contributed by atoms with E-state index in [-0.39, 0.29) is 16.8 Å². The minimum atomic E-state index is -0.345. The van der Waals surface area contributed by atoms with E-state index in [0.29, 0.717) is 15.7 Å². The van der Waals surface area contributed by atoms with E-state index in [0.717, 1.165) is 12.8 Å². The summed E-state index contributed by atoms with van der Waals surface area (Å²) in [6.45, 7) is 4.13. The van der Waals surface area contributed by atoms with Gasteiger partial charge in [-0.25, -0.2) is 4.39 Å². The van der Waals surface area contributed by atoms with Crippen molar-refractivity contribution in [1.29, 1.82) is 0 Å². The first kappa shape index (κ1) is 14.4. The molecule has 0 aliphatic heterocycles. The van der Waals surface area contributed by atoms with Gasteiger partial charge in [-0.15, -0.1) is 0 Å². The van der Waals surface area contributed by atoms with E-state index in [1.165, 1.54) is 0 Å². The predicted molar refractivity (Wildman–Crippen MR) is 78.0 cm³/mol. The summed E-state index contributed by atoms with van der Waals surface area (Å²) in [6, 6.07) is 3.67. The molecule has 17 heavy (non-hydrogen) atoms. The van der Waals surface area contributed by atoms with Gasteiger partial charge in [-0.2, -0.15) is 0 Å². The fourth-order valence-corrected chi connectivity index (χ4v) is 2.42. The molecule has 0 bridgehead atoms. The van der Waals surface area contributed by atoms with Crippen LogP contribution in [0.15, 0.2) is 16.6 Å². The summed E-state index contributed by atoms with van der Waals surface area (Å²) in [6.07, 6.45) is 1.90. The fraction of sp³-hybridized carbons (Fsp3) is 0.417. The van der Waals surface area contributed by atoms with Crippen molar-refractivity contribution in [3.8, 4) is 0 Å². The number of thiocarbonyl (C=S) groups is 1. The Balaban J connectivity index is 3.04. The zero-order valence-corrected chi connectivity index (χ0v) is 12.3. The van der Waals surface area contributed by atoms with Gasteiger partial charge in [0.25, 0.3) is 0 Å². The van der Waals surface area contributed by atoms with Crippen LogP contribution in [0.3, 0.4) is 0 Å². The van der Waals surface area contributed by atoms with E-state index < -0.39 is 0 Å². The molecule has 94 valence electrons. The lowest BCUT2D eigenvalue weighted by Crippen LogP contribution is -2.19. The van der Waals surface area contributed by atoms with Gasteiger partial charge >= 0.3 is 0 Å². The Morgan fingerprint density at radius 1 is 1.47 bits per heavy atom. The van der Waals surface area contributed by atoms with Crippen molar-refractivity contribution in [3.05, 3.63) is 28.0 Å². The first-order valence-electron chi connectivity index (χ1n) is 5.55. The van der Waals surface area contributed by atoms with Gasteiger partial charge in [0.05, 0.1) is 10.2 Å². The summed E-state index contributed by atoms with van der Waals surface area (Å²) >= 11 is 8.03. The molecule has 0 aromatic heterocycles. The quantitative estimate of drug-likeness (QED) is 0.810. The Hall–Kier alpha value is -0.680. The third kappa shape index (κ3) is 3.39. The Morgan fingerprint density at radius 2 is 2.06 bits per heavy atom. The summed E-state index contributed by atoms with van der Waals surface area (Å²) in [4.78, 5) is 0.185. The normalized spacial score (nSPS) is 10.6. The Morgan fingerprint density at radius 3 is 2.53 bits per heavy atom. The van der Waals surface area contributed by atoms with Crippen LogP contribution in [0.1, 0.15) is 32.3 Å². The first-order valence-corrected chi connectivity index (χ1v) is 6.75. The van der Waals surface area contributed by atoms with Crippen LogP contribution in [0.2, 0.25) is 0 Å². The van der Waals surface area contributed by atoms with Gasteiger partial charge in [0.1, 0.15) is 4.99 Å². The highest BCUT2D eigenvalue weighted by Crippen LogP contribution is 2.28. The van der Waals surface area contributed by atoms with Crippen LogP contribution < -0.4 is 11.1 Å². The number of halogens is 2. The molecule has 0 aliphatic rings. The molecule has 0 aliphatic carbocycles. The SMILES string of the molecule is CCC(CC)Nc1ccc(C(N)=S)c(Br)c1F. The van der Waals surface area contributed by atoms with E-state index in [9.17, 15) is 4.39 Å². The monoisotopic (exact) mass is 318 g/mol. The van der Waals surface area contributed by atoms with Crippen molar-refractivity contribution in [3.63, 3.8) is 0 Å². The number of nitrogens with one attached hydrogen (secondary N) is 1. The van der Waals surface area contributed by atoms with E-state index in [2.05, 4.69) is 35.1 Å². The topological polar surface area (TPSA) is 38.0 Å². The second-order valence-corrected chi connectivity index (χ2v) is 5.04. The molecule has 1 rings (SSSR count). The maximum absolute atomic E-state index is 14.0. The largest absolute Gasteiger partial charge is 0.389 e. The number of hydrogen-bond acceptors (Lipinski definition) is 2. The molecule has 0 saturated carbocycles. The fourth-order valence-electron chi connectivity index (χ4n) is 1.56. The highest BCUT2D eigenvalue weighted by atomic mass is 79.9. The molecule has 0 saturated heterocycles. The zero-order chi connectivity index (χ0) is 13.0. The average Bonchev–Trinajstić information content (AvgIpc) is 2.30. The Labute approximate surface area is 115 Å². The van der Waals surface area contributed by atoms with Crippen molar-refractivity contribution in [2.24, 2.45) is 5.73 Å². The lowest BCUT2D eigenvalue weighted by Gasteiger charge is -2.18. The van der Waals surface area contributed by atoms with E-state index in [1.54, 1.807) is 12.1 Å². The molecular weight excluding hydrogens is 303 g/mol. The molecule has 0 fully saturated rings. The molecule has 3 N–H and O–H groups in total. The molecule has 5 heteroatoms. The minimum absolute atomic E-state index is 0.185. The van der Waals surface area contributed by atoms with E-state index >= 15 is 0 Å². The van der Waals surface area contributed by atoms with Crippen molar-refractivity contribution < 1.29 is 4.39 Å².